The lowest BCUT2D eigenvalue weighted by Gasteiger charge is -2.20. The van der Waals surface area contributed by atoms with Crippen LogP contribution < -0.4 is 4.90 Å². The molecule has 1 aromatic rings. The number of aromatic nitrogens is 1. The molecule has 0 saturated heterocycles. The second-order valence-corrected chi connectivity index (χ2v) is 3.71. The maximum Gasteiger partial charge on any atom is 0.129 e. The molecule has 0 aliphatic heterocycles. The van der Waals surface area contributed by atoms with Crippen molar-refractivity contribution < 1.29 is 0 Å². The molecule has 13 heavy (non-hydrogen) atoms. The van der Waals surface area contributed by atoms with Gasteiger partial charge in [-0.25, -0.2) is 4.98 Å². The van der Waals surface area contributed by atoms with Crippen molar-refractivity contribution in [3.05, 3.63) is 22.8 Å². The molecule has 0 spiro atoms. The van der Waals surface area contributed by atoms with Gasteiger partial charge in [-0.15, -0.1) is 0 Å². The van der Waals surface area contributed by atoms with Crippen molar-refractivity contribution >= 4 is 21.7 Å². The number of hydrogen-bond donors (Lipinski definition) is 0. The van der Waals surface area contributed by atoms with Crippen molar-refractivity contribution in [2.45, 2.75) is 20.3 Å². The first kappa shape index (κ1) is 10.5. The Hall–Kier alpha value is -0.570. The summed E-state index contributed by atoms with van der Waals surface area (Å²) in [4.78, 5) is 6.67. The summed E-state index contributed by atoms with van der Waals surface area (Å²) in [6.07, 6.45) is 1.15. The predicted molar refractivity (Wildman–Crippen MR) is 60.1 cm³/mol. The van der Waals surface area contributed by atoms with E-state index in [4.69, 9.17) is 0 Å². The third-order valence-corrected chi connectivity index (χ3v) is 2.34. The maximum absolute atomic E-state index is 4.41. The minimum Gasteiger partial charge on any atom is -0.357 e. The largest absolute Gasteiger partial charge is 0.357 e. The van der Waals surface area contributed by atoms with Crippen molar-refractivity contribution in [3.8, 4) is 0 Å². The highest BCUT2D eigenvalue weighted by Crippen LogP contribution is 2.14. The van der Waals surface area contributed by atoms with E-state index in [0.29, 0.717) is 0 Å². The van der Waals surface area contributed by atoms with Gasteiger partial charge in [0, 0.05) is 13.1 Å². The normalized spacial score (nSPS) is 10.1. The first-order chi connectivity index (χ1) is 6.27. The lowest BCUT2D eigenvalue weighted by molar-refractivity contribution is 0.777. The van der Waals surface area contributed by atoms with Crippen molar-refractivity contribution in [1.82, 2.24) is 4.98 Å². The minimum atomic E-state index is 0.902. The van der Waals surface area contributed by atoms with Gasteiger partial charge in [-0.2, -0.15) is 0 Å². The molecular formula is C10H15BrN2. The summed E-state index contributed by atoms with van der Waals surface area (Å²) in [6, 6.07) is 6.01. The Kier molecular flexibility index (Phi) is 4.22. The van der Waals surface area contributed by atoms with Crippen molar-refractivity contribution in [1.29, 1.82) is 0 Å². The fraction of sp³-hybridized carbons (Fsp3) is 0.500. The van der Waals surface area contributed by atoms with Gasteiger partial charge in [-0.1, -0.05) is 13.0 Å². The molecule has 72 valence electrons. The molecule has 0 unspecified atom stereocenters. The molecule has 0 N–H and O–H groups in total. The summed E-state index contributed by atoms with van der Waals surface area (Å²) in [5.74, 6) is 1.05. The first-order valence-corrected chi connectivity index (χ1v) is 5.44. The van der Waals surface area contributed by atoms with Crippen LogP contribution in [0.3, 0.4) is 0 Å². The van der Waals surface area contributed by atoms with Gasteiger partial charge in [0.15, 0.2) is 0 Å². The third-order valence-electron chi connectivity index (χ3n) is 1.90. The molecule has 0 radical (unpaired) electrons. The highest BCUT2D eigenvalue weighted by molar-refractivity contribution is 9.10. The Morgan fingerprint density at radius 3 is 2.69 bits per heavy atom. The zero-order chi connectivity index (χ0) is 9.68. The number of hydrogen-bond acceptors (Lipinski definition) is 2. The van der Waals surface area contributed by atoms with Crippen LogP contribution in [0.15, 0.2) is 22.8 Å². The number of anilines is 1. The molecular weight excluding hydrogens is 228 g/mol. The minimum absolute atomic E-state index is 0.902. The quantitative estimate of drug-likeness (QED) is 0.755. The van der Waals surface area contributed by atoms with Crippen LogP contribution >= 0.6 is 15.9 Å². The smallest absolute Gasteiger partial charge is 0.129 e. The summed E-state index contributed by atoms with van der Waals surface area (Å²) in [5.41, 5.74) is 0. The molecule has 0 bridgehead atoms. The van der Waals surface area contributed by atoms with Gasteiger partial charge in [0.05, 0.1) is 0 Å². The lowest BCUT2D eigenvalue weighted by atomic mass is 10.3. The first-order valence-electron chi connectivity index (χ1n) is 4.65. The van der Waals surface area contributed by atoms with E-state index in [-0.39, 0.29) is 0 Å². The molecule has 2 nitrogen and oxygen atoms in total. The molecule has 0 fully saturated rings. The van der Waals surface area contributed by atoms with E-state index in [1.165, 1.54) is 0 Å². The Bertz CT molecular complexity index is 263. The molecule has 0 atom stereocenters. The summed E-state index contributed by atoms with van der Waals surface area (Å²) in [7, 11) is 0. The Balaban J connectivity index is 2.78. The standard InChI is InChI=1S/C10H15BrN2/c1-3-8-13(4-2)10-7-5-6-9(11)12-10/h5-7H,3-4,8H2,1-2H3. The zero-order valence-corrected chi connectivity index (χ0v) is 9.71. The van der Waals surface area contributed by atoms with Crippen LogP contribution in [0.4, 0.5) is 5.82 Å². The maximum atomic E-state index is 4.41. The summed E-state index contributed by atoms with van der Waals surface area (Å²) >= 11 is 3.37. The van der Waals surface area contributed by atoms with Gasteiger partial charge < -0.3 is 4.90 Å². The van der Waals surface area contributed by atoms with Crippen molar-refractivity contribution in [3.63, 3.8) is 0 Å². The molecule has 3 heteroatoms. The molecule has 1 rings (SSSR count). The molecule has 0 aliphatic carbocycles. The zero-order valence-electron chi connectivity index (χ0n) is 8.13. The number of halogens is 1. The molecule has 0 aromatic carbocycles. The van der Waals surface area contributed by atoms with Crippen molar-refractivity contribution in [2.24, 2.45) is 0 Å². The average molecular weight is 243 g/mol. The van der Waals surface area contributed by atoms with E-state index in [1.54, 1.807) is 0 Å². The molecule has 0 aliphatic rings. The number of pyridine rings is 1. The highest BCUT2D eigenvalue weighted by Gasteiger charge is 2.03. The van der Waals surface area contributed by atoms with Gasteiger partial charge in [0.25, 0.3) is 0 Å². The van der Waals surface area contributed by atoms with E-state index in [1.807, 2.05) is 18.2 Å². The second kappa shape index (κ2) is 5.22. The Morgan fingerprint density at radius 2 is 2.15 bits per heavy atom. The van der Waals surface area contributed by atoms with E-state index in [0.717, 1.165) is 29.9 Å². The topological polar surface area (TPSA) is 16.1 Å². The van der Waals surface area contributed by atoms with Crippen LogP contribution in [0.1, 0.15) is 20.3 Å². The van der Waals surface area contributed by atoms with Crippen LogP contribution in [0, 0.1) is 0 Å². The van der Waals surface area contributed by atoms with Crippen LogP contribution in [-0.2, 0) is 0 Å². The van der Waals surface area contributed by atoms with Crippen molar-refractivity contribution in [2.75, 3.05) is 18.0 Å². The van der Waals surface area contributed by atoms with Crippen LogP contribution in [-0.4, -0.2) is 18.1 Å². The Morgan fingerprint density at radius 1 is 1.38 bits per heavy atom. The van der Waals surface area contributed by atoms with Gasteiger partial charge >= 0.3 is 0 Å². The SMILES string of the molecule is CCCN(CC)c1cccc(Br)n1. The van der Waals surface area contributed by atoms with E-state index in [2.05, 4.69) is 39.7 Å². The average Bonchev–Trinajstić information content (AvgIpc) is 2.14. The number of nitrogens with zero attached hydrogens (tertiary/aromatic N) is 2. The Labute approximate surface area is 88.1 Å². The molecule has 0 saturated carbocycles. The van der Waals surface area contributed by atoms with E-state index >= 15 is 0 Å². The van der Waals surface area contributed by atoms with Gasteiger partial charge in [-0.05, 0) is 41.4 Å². The molecule has 1 heterocycles. The molecule has 1 aromatic heterocycles. The fourth-order valence-electron chi connectivity index (χ4n) is 1.28. The summed E-state index contributed by atoms with van der Waals surface area (Å²) in [5, 5.41) is 0. The lowest BCUT2D eigenvalue weighted by Crippen LogP contribution is -2.24. The highest BCUT2D eigenvalue weighted by atomic mass is 79.9. The van der Waals surface area contributed by atoms with E-state index < -0.39 is 0 Å². The summed E-state index contributed by atoms with van der Waals surface area (Å²) in [6.45, 7) is 6.41. The predicted octanol–water partition coefficient (Wildman–Crippen LogP) is 3.08. The van der Waals surface area contributed by atoms with Gasteiger partial charge in [0.1, 0.15) is 10.4 Å². The monoisotopic (exact) mass is 242 g/mol. The van der Waals surface area contributed by atoms with Gasteiger partial charge in [0.2, 0.25) is 0 Å². The molecule has 0 amide bonds. The summed E-state index contributed by atoms with van der Waals surface area (Å²) < 4.78 is 0.902. The third kappa shape index (κ3) is 2.99. The van der Waals surface area contributed by atoms with Crippen LogP contribution in [0.5, 0.6) is 0 Å². The van der Waals surface area contributed by atoms with Crippen LogP contribution in [0.25, 0.3) is 0 Å². The van der Waals surface area contributed by atoms with Gasteiger partial charge in [-0.3, -0.25) is 0 Å². The fourth-order valence-corrected chi connectivity index (χ4v) is 1.61. The van der Waals surface area contributed by atoms with E-state index in [9.17, 15) is 0 Å². The van der Waals surface area contributed by atoms with Crippen LogP contribution in [0.2, 0.25) is 0 Å². The second-order valence-electron chi connectivity index (χ2n) is 2.90. The number of rotatable bonds is 4.